The third kappa shape index (κ3) is 2.96. The molecule has 2 N–H and O–H groups in total. The van der Waals surface area contributed by atoms with Crippen molar-refractivity contribution in [1.82, 2.24) is 20.1 Å². The highest BCUT2D eigenvalue weighted by atomic mass is 32.2. The summed E-state index contributed by atoms with van der Waals surface area (Å²) in [5, 5.41) is 20.5. The van der Waals surface area contributed by atoms with Crippen molar-refractivity contribution in [3.8, 4) is 0 Å². The van der Waals surface area contributed by atoms with Gasteiger partial charge in [0.15, 0.2) is 5.16 Å². The number of rotatable bonds is 6. The Labute approximate surface area is 97.4 Å². The molecule has 1 aliphatic carbocycles. The van der Waals surface area contributed by atoms with Crippen LogP contribution in [0.5, 0.6) is 0 Å². The highest BCUT2D eigenvalue weighted by Crippen LogP contribution is 2.21. The molecule has 88 valence electrons. The Morgan fingerprint density at radius 1 is 1.81 bits per heavy atom. The number of carboxylic acids is 1. The van der Waals surface area contributed by atoms with Gasteiger partial charge in [0, 0.05) is 18.8 Å². The number of thioether (sulfide) groups is 1. The van der Waals surface area contributed by atoms with Crippen molar-refractivity contribution in [2.45, 2.75) is 30.1 Å². The molecule has 0 aromatic carbocycles. The summed E-state index contributed by atoms with van der Waals surface area (Å²) in [5.74, 6) is -0.334. The lowest BCUT2D eigenvalue weighted by atomic mass is 10.3. The maximum Gasteiger partial charge on any atom is 0.321 e. The number of hydrogen-bond donors (Lipinski definition) is 2. The smallest absolute Gasteiger partial charge is 0.321 e. The Morgan fingerprint density at radius 2 is 2.56 bits per heavy atom. The van der Waals surface area contributed by atoms with E-state index < -0.39 is 12.0 Å². The molecule has 0 spiro atoms. The van der Waals surface area contributed by atoms with Gasteiger partial charge in [-0.2, -0.15) is 0 Å². The molecule has 0 bridgehead atoms. The maximum atomic E-state index is 11.0. The predicted molar refractivity (Wildman–Crippen MR) is 59.3 cm³/mol. The second-order valence-electron chi connectivity index (χ2n) is 3.87. The van der Waals surface area contributed by atoms with Crippen LogP contribution in [0.4, 0.5) is 0 Å². The first-order valence-electron chi connectivity index (χ1n) is 5.12. The topological polar surface area (TPSA) is 80.0 Å². The van der Waals surface area contributed by atoms with Crippen LogP contribution in [-0.4, -0.2) is 43.7 Å². The fourth-order valence-corrected chi connectivity index (χ4v) is 2.20. The standard InChI is InChI=1S/C9H14N4O2S/c1-13-5-10-12-9(13)16-4-7(8(14)15)11-6-2-3-6/h5-7,11H,2-4H2,1H3,(H,14,15). The number of nitrogens with zero attached hydrogens (tertiary/aromatic N) is 3. The molecule has 0 amide bonds. The molecule has 1 unspecified atom stereocenters. The van der Waals surface area contributed by atoms with Crippen LogP contribution in [0.1, 0.15) is 12.8 Å². The first kappa shape index (κ1) is 11.4. The van der Waals surface area contributed by atoms with Gasteiger partial charge in [0.2, 0.25) is 0 Å². The van der Waals surface area contributed by atoms with Crippen molar-refractivity contribution in [2.75, 3.05) is 5.75 Å². The molecule has 0 radical (unpaired) electrons. The molecule has 1 atom stereocenters. The molecule has 1 aromatic rings. The molecule has 16 heavy (non-hydrogen) atoms. The fourth-order valence-electron chi connectivity index (χ4n) is 1.29. The summed E-state index contributed by atoms with van der Waals surface area (Å²) < 4.78 is 1.78. The van der Waals surface area contributed by atoms with Gasteiger partial charge >= 0.3 is 5.97 Å². The van der Waals surface area contributed by atoms with E-state index in [2.05, 4.69) is 15.5 Å². The van der Waals surface area contributed by atoms with Gasteiger partial charge in [-0.15, -0.1) is 10.2 Å². The summed E-state index contributed by atoms with van der Waals surface area (Å²) in [6.07, 6.45) is 3.77. The molecule has 1 aliphatic rings. The summed E-state index contributed by atoms with van der Waals surface area (Å²) in [7, 11) is 1.84. The number of carboxylic acid groups (broad SMARTS) is 1. The SMILES string of the molecule is Cn1cnnc1SCC(NC1CC1)C(=O)O. The van der Waals surface area contributed by atoms with E-state index in [0.717, 1.165) is 18.0 Å². The molecule has 1 saturated carbocycles. The zero-order valence-corrected chi connectivity index (χ0v) is 9.78. The Bertz CT molecular complexity index is 377. The minimum absolute atomic E-state index is 0.390. The normalized spacial score (nSPS) is 17.3. The minimum atomic E-state index is -0.804. The largest absolute Gasteiger partial charge is 0.480 e. The van der Waals surface area contributed by atoms with Gasteiger partial charge in [-0.3, -0.25) is 4.79 Å². The number of aliphatic carboxylic acids is 1. The lowest BCUT2D eigenvalue weighted by molar-refractivity contribution is -0.138. The lowest BCUT2D eigenvalue weighted by Crippen LogP contribution is -2.40. The van der Waals surface area contributed by atoms with Crippen LogP contribution < -0.4 is 5.32 Å². The van der Waals surface area contributed by atoms with Crippen LogP contribution in [0.15, 0.2) is 11.5 Å². The third-order valence-electron chi connectivity index (χ3n) is 2.36. The van der Waals surface area contributed by atoms with E-state index in [4.69, 9.17) is 5.11 Å². The van der Waals surface area contributed by atoms with Crippen LogP contribution in [-0.2, 0) is 11.8 Å². The average Bonchev–Trinajstić information content (AvgIpc) is 2.96. The molecule has 1 aromatic heterocycles. The van der Waals surface area contributed by atoms with Crippen LogP contribution in [0, 0.1) is 0 Å². The van der Waals surface area contributed by atoms with Crippen LogP contribution in [0.2, 0.25) is 0 Å². The molecule has 6 nitrogen and oxygen atoms in total. The van der Waals surface area contributed by atoms with Crippen molar-refractivity contribution >= 4 is 17.7 Å². The minimum Gasteiger partial charge on any atom is -0.480 e. The van der Waals surface area contributed by atoms with E-state index in [1.54, 1.807) is 10.9 Å². The van der Waals surface area contributed by atoms with E-state index in [1.807, 2.05) is 7.05 Å². The predicted octanol–water partition coefficient (Wildman–Crippen LogP) is 0.112. The van der Waals surface area contributed by atoms with Crippen LogP contribution >= 0.6 is 11.8 Å². The summed E-state index contributed by atoms with van der Waals surface area (Å²) >= 11 is 1.41. The van der Waals surface area contributed by atoms with Crippen molar-refractivity contribution in [3.63, 3.8) is 0 Å². The zero-order chi connectivity index (χ0) is 11.5. The van der Waals surface area contributed by atoms with Crippen LogP contribution in [0.25, 0.3) is 0 Å². The van der Waals surface area contributed by atoms with Crippen molar-refractivity contribution in [3.05, 3.63) is 6.33 Å². The van der Waals surface area contributed by atoms with E-state index in [1.165, 1.54) is 11.8 Å². The van der Waals surface area contributed by atoms with Gasteiger partial charge in [-0.25, -0.2) is 0 Å². The molecule has 1 heterocycles. The molecule has 1 fully saturated rings. The number of carbonyl (C=O) groups is 1. The fraction of sp³-hybridized carbons (Fsp3) is 0.667. The highest BCUT2D eigenvalue weighted by Gasteiger charge is 2.28. The van der Waals surface area contributed by atoms with Gasteiger partial charge < -0.3 is 15.0 Å². The second kappa shape index (κ2) is 4.84. The van der Waals surface area contributed by atoms with Crippen molar-refractivity contribution in [1.29, 1.82) is 0 Å². The molecule has 0 aliphatic heterocycles. The Hall–Kier alpha value is -1.08. The van der Waals surface area contributed by atoms with Crippen molar-refractivity contribution < 1.29 is 9.90 Å². The van der Waals surface area contributed by atoms with E-state index in [0.29, 0.717) is 11.8 Å². The molecule has 0 saturated heterocycles. The summed E-state index contributed by atoms with van der Waals surface area (Å²) in [5.41, 5.74) is 0. The Balaban J connectivity index is 1.85. The monoisotopic (exact) mass is 242 g/mol. The number of aryl methyl sites for hydroxylation is 1. The van der Waals surface area contributed by atoms with Crippen molar-refractivity contribution in [2.24, 2.45) is 7.05 Å². The molecular formula is C9H14N4O2S. The highest BCUT2D eigenvalue weighted by molar-refractivity contribution is 7.99. The quantitative estimate of drug-likeness (QED) is 0.689. The first-order valence-corrected chi connectivity index (χ1v) is 6.11. The average molecular weight is 242 g/mol. The van der Waals surface area contributed by atoms with Crippen LogP contribution in [0.3, 0.4) is 0 Å². The zero-order valence-electron chi connectivity index (χ0n) is 8.96. The summed E-state index contributed by atoms with van der Waals surface area (Å²) in [4.78, 5) is 11.0. The van der Waals surface area contributed by atoms with Gasteiger partial charge in [0.1, 0.15) is 12.4 Å². The lowest BCUT2D eigenvalue weighted by Gasteiger charge is -2.12. The number of hydrogen-bond acceptors (Lipinski definition) is 5. The van der Waals surface area contributed by atoms with E-state index in [-0.39, 0.29) is 0 Å². The molecular weight excluding hydrogens is 228 g/mol. The van der Waals surface area contributed by atoms with Gasteiger partial charge in [0.05, 0.1) is 0 Å². The van der Waals surface area contributed by atoms with Gasteiger partial charge in [0.25, 0.3) is 0 Å². The van der Waals surface area contributed by atoms with Gasteiger partial charge in [-0.05, 0) is 12.8 Å². The van der Waals surface area contributed by atoms with E-state index >= 15 is 0 Å². The third-order valence-corrected chi connectivity index (χ3v) is 3.49. The number of aromatic nitrogens is 3. The maximum absolute atomic E-state index is 11.0. The van der Waals surface area contributed by atoms with Gasteiger partial charge in [-0.1, -0.05) is 11.8 Å². The Morgan fingerprint density at radius 3 is 3.06 bits per heavy atom. The second-order valence-corrected chi connectivity index (χ2v) is 4.85. The van der Waals surface area contributed by atoms with E-state index in [9.17, 15) is 4.79 Å². The number of nitrogens with one attached hydrogen (secondary N) is 1. The molecule has 2 rings (SSSR count). The summed E-state index contributed by atoms with van der Waals surface area (Å²) in [6, 6.07) is -0.115. The Kier molecular flexibility index (Phi) is 3.45. The first-order chi connectivity index (χ1) is 7.66. The molecule has 7 heteroatoms. The summed E-state index contributed by atoms with van der Waals surface area (Å²) in [6.45, 7) is 0.